The number of phenolic OH excluding ortho intramolecular Hbond substituents is 1. The molecule has 2 N–H and O–H groups in total. The van der Waals surface area contributed by atoms with Gasteiger partial charge in [0, 0.05) is 5.56 Å². The second kappa shape index (κ2) is 10.1. The molecule has 1 amide bonds. The van der Waals surface area contributed by atoms with Crippen molar-refractivity contribution in [1.29, 1.82) is 0 Å². The Morgan fingerprint density at radius 2 is 1.89 bits per heavy atom. The summed E-state index contributed by atoms with van der Waals surface area (Å²) in [7, 11) is 1.37. The highest BCUT2D eigenvalue weighted by Gasteiger charge is 2.48. The minimum absolute atomic E-state index is 0.0902. The van der Waals surface area contributed by atoms with Crippen LogP contribution >= 0.6 is 27.3 Å². The summed E-state index contributed by atoms with van der Waals surface area (Å²) in [6, 6.07) is 12.1. The minimum atomic E-state index is -1.13. The third-order valence-corrected chi connectivity index (χ3v) is 7.64. The van der Waals surface area contributed by atoms with Crippen molar-refractivity contribution < 1.29 is 33.7 Å². The number of hydrogen-bond acceptors (Lipinski definition) is 8. The molecule has 0 bridgehead atoms. The topological polar surface area (TPSA) is 109 Å². The Labute approximate surface area is 228 Å². The highest BCUT2D eigenvalue weighted by molar-refractivity contribution is 9.10. The molecule has 1 aromatic heterocycles. The molecule has 1 aliphatic heterocycles. The summed E-state index contributed by atoms with van der Waals surface area (Å²) < 4.78 is 25.4. The number of aromatic hydroxyl groups is 1. The second-order valence-electron chi connectivity index (χ2n) is 8.29. The molecule has 1 fully saturated rings. The van der Waals surface area contributed by atoms with Gasteiger partial charge in [0.1, 0.15) is 17.3 Å². The maximum Gasteiger partial charge on any atom is 0.301 e. The van der Waals surface area contributed by atoms with Gasteiger partial charge < -0.3 is 19.7 Å². The van der Waals surface area contributed by atoms with Gasteiger partial charge in [-0.25, -0.2) is 9.37 Å². The molecule has 1 atom stereocenters. The normalized spacial score (nSPS) is 16.8. The fraction of sp³-hybridized carbons (Fsp3) is 0.148. The van der Waals surface area contributed by atoms with Crippen molar-refractivity contribution in [1.82, 2.24) is 4.98 Å². The van der Waals surface area contributed by atoms with Gasteiger partial charge in [-0.3, -0.25) is 14.5 Å². The first-order valence-electron chi connectivity index (χ1n) is 11.4. The Morgan fingerprint density at radius 3 is 2.58 bits per heavy atom. The standard InChI is InChI=1S/C27H20BrFN2O6S/c1-3-37-16-8-9-18-20(12-16)38-27(30-18)31-22(14-10-17(28)24(33)19(11-14)36-2)21(25(34)26(31)35)23(32)13-4-6-15(29)7-5-13/h4-12,22,32-33H,3H2,1-2H3. The number of thiazole rings is 1. The van der Waals surface area contributed by atoms with Gasteiger partial charge in [0.25, 0.3) is 5.78 Å². The van der Waals surface area contributed by atoms with E-state index in [0.29, 0.717) is 23.4 Å². The number of aliphatic hydroxyl groups excluding tert-OH is 1. The number of anilines is 1. The highest BCUT2D eigenvalue weighted by atomic mass is 79.9. The van der Waals surface area contributed by atoms with Crippen LogP contribution in [-0.2, 0) is 9.59 Å². The number of Topliss-reactive ketones (excluding diaryl/α,β-unsaturated/α-hetero) is 1. The lowest BCUT2D eigenvalue weighted by molar-refractivity contribution is -0.132. The SMILES string of the molecule is CCOc1ccc2nc(N3C(=O)C(=O)C(=C(O)c4ccc(F)cc4)C3c3cc(Br)c(O)c(OC)c3)sc2c1. The first-order chi connectivity index (χ1) is 18.2. The molecule has 5 rings (SSSR count). The van der Waals surface area contributed by atoms with Crippen molar-refractivity contribution in [2.24, 2.45) is 0 Å². The lowest BCUT2D eigenvalue weighted by atomic mass is 9.95. The van der Waals surface area contributed by atoms with Gasteiger partial charge in [0.2, 0.25) is 0 Å². The summed E-state index contributed by atoms with van der Waals surface area (Å²) in [6.07, 6.45) is 0. The van der Waals surface area contributed by atoms with Gasteiger partial charge in [-0.2, -0.15) is 0 Å². The smallest absolute Gasteiger partial charge is 0.301 e. The number of fused-ring (bicyclic) bond motifs is 1. The number of rotatable bonds is 6. The van der Waals surface area contributed by atoms with Gasteiger partial charge in [0.15, 0.2) is 16.6 Å². The number of benzene rings is 3. The van der Waals surface area contributed by atoms with Crippen LogP contribution in [0.4, 0.5) is 9.52 Å². The van der Waals surface area contributed by atoms with E-state index in [1.807, 2.05) is 6.92 Å². The number of aliphatic hydroxyl groups is 1. The molecule has 8 nitrogen and oxygen atoms in total. The van der Waals surface area contributed by atoms with Crippen LogP contribution in [0.3, 0.4) is 0 Å². The summed E-state index contributed by atoms with van der Waals surface area (Å²) in [4.78, 5) is 32.7. The summed E-state index contributed by atoms with van der Waals surface area (Å²) in [6.45, 7) is 2.35. The van der Waals surface area contributed by atoms with Crippen molar-refractivity contribution in [3.05, 3.63) is 81.6 Å². The van der Waals surface area contributed by atoms with E-state index in [2.05, 4.69) is 20.9 Å². The number of methoxy groups -OCH3 is 1. The molecule has 11 heteroatoms. The van der Waals surface area contributed by atoms with Gasteiger partial charge in [-0.15, -0.1) is 0 Å². The first kappa shape index (κ1) is 25.7. The third kappa shape index (κ3) is 4.37. The molecule has 1 unspecified atom stereocenters. The van der Waals surface area contributed by atoms with Crippen molar-refractivity contribution in [2.75, 3.05) is 18.6 Å². The van der Waals surface area contributed by atoms with Gasteiger partial charge >= 0.3 is 5.91 Å². The van der Waals surface area contributed by atoms with Crippen LogP contribution in [0.1, 0.15) is 24.1 Å². The molecule has 2 heterocycles. The molecule has 3 aromatic carbocycles. The van der Waals surface area contributed by atoms with E-state index in [4.69, 9.17) is 9.47 Å². The highest BCUT2D eigenvalue weighted by Crippen LogP contribution is 2.47. The molecule has 1 saturated heterocycles. The molecule has 0 radical (unpaired) electrons. The number of ketones is 1. The van der Waals surface area contributed by atoms with E-state index in [0.717, 1.165) is 16.8 Å². The van der Waals surface area contributed by atoms with Crippen molar-refractivity contribution in [3.63, 3.8) is 0 Å². The summed E-state index contributed by atoms with van der Waals surface area (Å²) in [5.74, 6) is -2.27. The Kier molecular flexibility index (Phi) is 6.80. The monoisotopic (exact) mass is 598 g/mol. The first-order valence-corrected chi connectivity index (χ1v) is 13.0. The van der Waals surface area contributed by atoms with Crippen LogP contribution in [0.5, 0.6) is 17.2 Å². The van der Waals surface area contributed by atoms with E-state index in [-0.39, 0.29) is 32.2 Å². The zero-order valence-electron chi connectivity index (χ0n) is 20.1. The van der Waals surface area contributed by atoms with Crippen LogP contribution in [0, 0.1) is 5.82 Å². The number of amides is 1. The quantitative estimate of drug-likeness (QED) is 0.161. The molecule has 194 valence electrons. The molecule has 1 aliphatic rings. The summed E-state index contributed by atoms with van der Waals surface area (Å²) in [5.41, 5.74) is 0.904. The minimum Gasteiger partial charge on any atom is -0.507 e. The molecule has 0 spiro atoms. The molecule has 0 aliphatic carbocycles. The Bertz CT molecular complexity index is 1620. The number of halogens is 2. The second-order valence-corrected chi connectivity index (χ2v) is 10.2. The predicted molar refractivity (Wildman–Crippen MR) is 144 cm³/mol. The molecule has 0 saturated carbocycles. The fourth-order valence-electron chi connectivity index (χ4n) is 4.27. The molecule has 38 heavy (non-hydrogen) atoms. The van der Waals surface area contributed by atoms with Crippen LogP contribution < -0.4 is 14.4 Å². The average molecular weight is 599 g/mol. The average Bonchev–Trinajstić information content (AvgIpc) is 3.43. The van der Waals surface area contributed by atoms with E-state index < -0.39 is 29.3 Å². The number of aromatic nitrogens is 1. The zero-order chi connectivity index (χ0) is 27.1. The fourth-order valence-corrected chi connectivity index (χ4v) is 5.75. The number of hydrogen-bond donors (Lipinski definition) is 2. The van der Waals surface area contributed by atoms with E-state index in [9.17, 15) is 24.2 Å². The summed E-state index contributed by atoms with van der Waals surface area (Å²) >= 11 is 4.47. The van der Waals surface area contributed by atoms with Gasteiger partial charge in [-0.1, -0.05) is 11.3 Å². The van der Waals surface area contributed by atoms with Crippen LogP contribution in [0.25, 0.3) is 16.0 Å². The van der Waals surface area contributed by atoms with Crippen LogP contribution in [-0.4, -0.2) is 40.6 Å². The van der Waals surface area contributed by atoms with Crippen LogP contribution in [0.2, 0.25) is 0 Å². The Balaban J connectivity index is 1.74. The molecular formula is C27H20BrFN2O6S. The zero-order valence-corrected chi connectivity index (χ0v) is 22.5. The molecular weight excluding hydrogens is 579 g/mol. The number of nitrogens with zero attached hydrogens (tertiary/aromatic N) is 2. The van der Waals surface area contributed by atoms with Crippen molar-refractivity contribution in [2.45, 2.75) is 13.0 Å². The largest absolute Gasteiger partial charge is 0.507 e. The molecule has 4 aromatic rings. The lowest BCUT2D eigenvalue weighted by Gasteiger charge is -2.24. The van der Waals surface area contributed by atoms with Gasteiger partial charge in [-0.05, 0) is 83.0 Å². The predicted octanol–water partition coefficient (Wildman–Crippen LogP) is 5.94. The van der Waals surface area contributed by atoms with Crippen molar-refractivity contribution >= 4 is 60.1 Å². The van der Waals surface area contributed by atoms with E-state index in [1.54, 1.807) is 18.2 Å². The van der Waals surface area contributed by atoms with E-state index in [1.165, 1.54) is 47.6 Å². The summed E-state index contributed by atoms with van der Waals surface area (Å²) in [5, 5.41) is 21.8. The van der Waals surface area contributed by atoms with Crippen molar-refractivity contribution in [3.8, 4) is 17.2 Å². The number of ether oxygens (including phenoxy) is 2. The maximum absolute atomic E-state index is 13.5. The number of carbonyl (C=O) groups excluding carboxylic acids is 2. The maximum atomic E-state index is 13.5. The third-order valence-electron chi connectivity index (χ3n) is 6.01. The lowest BCUT2D eigenvalue weighted by Crippen LogP contribution is -2.29. The van der Waals surface area contributed by atoms with E-state index >= 15 is 0 Å². The Hall–Kier alpha value is -3.96. The number of carbonyl (C=O) groups is 2. The number of phenols is 1. The van der Waals surface area contributed by atoms with Crippen LogP contribution in [0.15, 0.2) is 64.6 Å². The van der Waals surface area contributed by atoms with Gasteiger partial charge in [0.05, 0.1) is 40.0 Å². The Morgan fingerprint density at radius 1 is 1.16 bits per heavy atom.